The molecule has 0 saturated carbocycles. The summed E-state index contributed by atoms with van der Waals surface area (Å²) in [6, 6.07) is 5.89. The highest BCUT2D eigenvalue weighted by Crippen LogP contribution is 2.27. The summed E-state index contributed by atoms with van der Waals surface area (Å²) < 4.78 is 5.97. The van der Waals surface area contributed by atoms with E-state index in [2.05, 4.69) is 22.2 Å². The second kappa shape index (κ2) is 6.29. The summed E-state index contributed by atoms with van der Waals surface area (Å²) in [6.45, 7) is 4.81. The molecule has 0 spiro atoms. The van der Waals surface area contributed by atoms with Crippen LogP contribution in [0.2, 0.25) is 0 Å². The van der Waals surface area contributed by atoms with Crippen molar-refractivity contribution < 1.29 is 4.74 Å². The fourth-order valence-corrected chi connectivity index (χ4v) is 1.90. The molecule has 0 aliphatic carbocycles. The SMILES string of the molecule is CCc1nc(C)ccc1Oc1cnccc1CNC. The van der Waals surface area contributed by atoms with Crippen molar-refractivity contribution in [3.63, 3.8) is 0 Å². The van der Waals surface area contributed by atoms with Gasteiger partial charge in [-0.2, -0.15) is 0 Å². The molecule has 0 radical (unpaired) electrons. The van der Waals surface area contributed by atoms with Gasteiger partial charge in [-0.25, -0.2) is 0 Å². The van der Waals surface area contributed by atoms with Gasteiger partial charge in [0.2, 0.25) is 0 Å². The summed E-state index contributed by atoms with van der Waals surface area (Å²) in [5.41, 5.74) is 3.06. The van der Waals surface area contributed by atoms with Gasteiger partial charge in [0, 0.05) is 24.0 Å². The normalized spacial score (nSPS) is 10.5. The van der Waals surface area contributed by atoms with Gasteiger partial charge < -0.3 is 10.1 Å². The summed E-state index contributed by atoms with van der Waals surface area (Å²) in [6.07, 6.45) is 4.36. The Hall–Kier alpha value is -1.94. The highest BCUT2D eigenvalue weighted by molar-refractivity contribution is 5.38. The standard InChI is InChI=1S/C15H19N3O/c1-4-13-14(6-5-11(2)18-13)19-15-10-17-8-7-12(15)9-16-3/h5-8,10,16H,4,9H2,1-3H3. The first-order chi connectivity index (χ1) is 9.24. The number of aromatic nitrogens is 2. The van der Waals surface area contributed by atoms with Crippen LogP contribution in [0, 0.1) is 6.92 Å². The Bertz CT molecular complexity index is 555. The van der Waals surface area contributed by atoms with Crippen molar-refractivity contribution in [3.8, 4) is 11.5 Å². The molecule has 19 heavy (non-hydrogen) atoms. The molecule has 1 N–H and O–H groups in total. The predicted octanol–water partition coefficient (Wildman–Crippen LogP) is 2.86. The Morgan fingerprint density at radius 2 is 2.05 bits per heavy atom. The van der Waals surface area contributed by atoms with E-state index in [9.17, 15) is 0 Å². The Labute approximate surface area is 113 Å². The highest BCUT2D eigenvalue weighted by Gasteiger charge is 2.08. The molecular formula is C15H19N3O. The number of ether oxygens (including phenoxy) is 1. The molecule has 4 nitrogen and oxygen atoms in total. The number of hydrogen-bond donors (Lipinski definition) is 1. The molecule has 4 heteroatoms. The number of nitrogens with one attached hydrogen (secondary N) is 1. The highest BCUT2D eigenvalue weighted by atomic mass is 16.5. The van der Waals surface area contributed by atoms with Crippen LogP contribution in [0.1, 0.15) is 23.9 Å². The summed E-state index contributed by atoms with van der Waals surface area (Å²) in [5, 5.41) is 3.12. The Balaban J connectivity index is 2.30. The minimum absolute atomic E-state index is 0.749. The van der Waals surface area contributed by atoms with E-state index in [0.29, 0.717) is 0 Å². The first-order valence-corrected chi connectivity index (χ1v) is 6.46. The number of rotatable bonds is 5. The lowest BCUT2D eigenvalue weighted by atomic mass is 10.2. The third kappa shape index (κ3) is 3.29. The number of aryl methyl sites for hydroxylation is 2. The fourth-order valence-electron chi connectivity index (χ4n) is 1.90. The van der Waals surface area contributed by atoms with Gasteiger partial charge >= 0.3 is 0 Å². The molecule has 2 heterocycles. The van der Waals surface area contributed by atoms with Gasteiger partial charge in [0.05, 0.1) is 11.9 Å². The van der Waals surface area contributed by atoms with E-state index in [-0.39, 0.29) is 0 Å². The Morgan fingerprint density at radius 3 is 2.79 bits per heavy atom. The van der Waals surface area contributed by atoms with Crippen LogP contribution in [-0.2, 0) is 13.0 Å². The maximum Gasteiger partial charge on any atom is 0.150 e. The van der Waals surface area contributed by atoms with E-state index in [1.54, 1.807) is 12.4 Å². The fraction of sp³-hybridized carbons (Fsp3) is 0.333. The van der Waals surface area contributed by atoms with E-state index < -0.39 is 0 Å². The molecule has 2 rings (SSSR count). The topological polar surface area (TPSA) is 47.0 Å². The lowest BCUT2D eigenvalue weighted by molar-refractivity contribution is 0.462. The minimum atomic E-state index is 0.749. The van der Waals surface area contributed by atoms with Gasteiger partial charge in [-0.1, -0.05) is 6.92 Å². The van der Waals surface area contributed by atoms with Crippen molar-refractivity contribution in [3.05, 3.63) is 47.5 Å². The van der Waals surface area contributed by atoms with Crippen LogP contribution in [0.3, 0.4) is 0 Å². The molecule has 0 aliphatic heterocycles. The molecule has 0 amide bonds. The predicted molar refractivity (Wildman–Crippen MR) is 75.4 cm³/mol. The van der Waals surface area contributed by atoms with E-state index in [1.165, 1.54) is 0 Å². The molecular weight excluding hydrogens is 238 g/mol. The van der Waals surface area contributed by atoms with Gasteiger partial charge in [-0.15, -0.1) is 0 Å². The van der Waals surface area contributed by atoms with Gasteiger partial charge in [-0.3, -0.25) is 9.97 Å². The van der Waals surface area contributed by atoms with Gasteiger partial charge in [-0.05, 0) is 38.6 Å². The second-order valence-corrected chi connectivity index (χ2v) is 4.37. The average Bonchev–Trinajstić information content (AvgIpc) is 2.43. The maximum absolute atomic E-state index is 5.97. The van der Waals surface area contributed by atoms with E-state index >= 15 is 0 Å². The average molecular weight is 257 g/mol. The van der Waals surface area contributed by atoms with E-state index in [0.717, 1.165) is 41.4 Å². The van der Waals surface area contributed by atoms with Crippen molar-refractivity contribution in [2.75, 3.05) is 7.05 Å². The number of nitrogens with zero attached hydrogens (tertiary/aromatic N) is 2. The van der Waals surface area contributed by atoms with Crippen LogP contribution in [0.25, 0.3) is 0 Å². The summed E-state index contributed by atoms with van der Waals surface area (Å²) in [7, 11) is 1.91. The quantitative estimate of drug-likeness (QED) is 0.894. The van der Waals surface area contributed by atoms with Gasteiger partial charge in [0.25, 0.3) is 0 Å². The summed E-state index contributed by atoms with van der Waals surface area (Å²) in [4.78, 5) is 8.63. The molecule has 0 unspecified atom stereocenters. The Kier molecular flexibility index (Phi) is 4.47. The van der Waals surface area contributed by atoms with Crippen LogP contribution >= 0.6 is 0 Å². The largest absolute Gasteiger partial charge is 0.453 e. The van der Waals surface area contributed by atoms with Crippen LogP contribution in [0.4, 0.5) is 0 Å². The monoisotopic (exact) mass is 257 g/mol. The van der Waals surface area contributed by atoms with E-state index in [1.807, 2.05) is 32.2 Å². The molecule has 2 aromatic rings. The lowest BCUT2D eigenvalue weighted by Crippen LogP contribution is -2.07. The number of pyridine rings is 2. The summed E-state index contributed by atoms with van der Waals surface area (Å²) >= 11 is 0. The van der Waals surface area contributed by atoms with Crippen LogP contribution in [0.15, 0.2) is 30.6 Å². The zero-order valence-electron chi connectivity index (χ0n) is 11.6. The zero-order chi connectivity index (χ0) is 13.7. The first-order valence-electron chi connectivity index (χ1n) is 6.46. The van der Waals surface area contributed by atoms with Crippen LogP contribution < -0.4 is 10.1 Å². The molecule has 100 valence electrons. The molecule has 0 aliphatic rings. The Morgan fingerprint density at radius 1 is 1.21 bits per heavy atom. The third-order valence-corrected chi connectivity index (χ3v) is 2.86. The molecule has 2 aromatic heterocycles. The van der Waals surface area contributed by atoms with Crippen molar-refractivity contribution in [2.45, 2.75) is 26.8 Å². The molecule has 0 aromatic carbocycles. The van der Waals surface area contributed by atoms with Crippen LogP contribution in [-0.4, -0.2) is 17.0 Å². The molecule has 0 fully saturated rings. The number of hydrogen-bond acceptors (Lipinski definition) is 4. The van der Waals surface area contributed by atoms with Crippen molar-refractivity contribution >= 4 is 0 Å². The van der Waals surface area contributed by atoms with Crippen molar-refractivity contribution in [1.29, 1.82) is 0 Å². The van der Waals surface area contributed by atoms with Crippen LogP contribution in [0.5, 0.6) is 11.5 Å². The van der Waals surface area contributed by atoms with Crippen molar-refractivity contribution in [1.82, 2.24) is 15.3 Å². The first kappa shape index (κ1) is 13.5. The molecule has 0 bridgehead atoms. The van der Waals surface area contributed by atoms with Crippen molar-refractivity contribution in [2.24, 2.45) is 0 Å². The molecule has 0 atom stereocenters. The van der Waals surface area contributed by atoms with E-state index in [4.69, 9.17) is 4.74 Å². The smallest absolute Gasteiger partial charge is 0.150 e. The molecule has 0 saturated heterocycles. The lowest BCUT2D eigenvalue weighted by Gasteiger charge is -2.13. The minimum Gasteiger partial charge on any atom is -0.453 e. The van der Waals surface area contributed by atoms with Gasteiger partial charge in [0.1, 0.15) is 11.5 Å². The second-order valence-electron chi connectivity index (χ2n) is 4.37. The van der Waals surface area contributed by atoms with Gasteiger partial charge in [0.15, 0.2) is 0 Å². The summed E-state index contributed by atoms with van der Waals surface area (Å²) in [5.74, 6) is 1.58. The maximum atomic E-state index is 5.97. The zero-order valence-corrected chi connectivity index (χ0v) is 11.6. The third-order valence-electron chi connectivity index (χ3n) is 2.86.